The van der Waals surface area contributed by atoms with Gasteiger partial charge < -0.3 is 5.32 Å². The second-order valence-electron chi connectivity index (χ2n) is 9.17. The van der Waals surface area contributed by atoms with Crippen LogP contribution in [-0.4, -0.2) is 12.3 Å². The summed E-state index contributed by atoms with van der Waals surface area (Å²) < 4.78 is 0. The highest BCUT2D eigenvalue weighted by atomic mass is 31.1. The number of anilines is 1. The number of hydrogen-bond donors (Lipinski definition) is 1. The summed E-state index contributed by atoms with van der Waals surface area (Å²) in [4.78, 5) is 0. The molecule has 186 valence electrons. The van der Waals surface area contributed by atoms with Gasteiger partial charge in [0.25, 0.3) is 0 Å². The topological polar surface area (TPSA) is 12.0 Å². The maximum Gasteiger partial charge on any atom is 0.0464 e. The van der Waals surface area contributed by atoms with Crippen molar-refractivity contribution >= 4 is 31.3 Å². The molecule has 0 radical (unpaired) electrons. The third kappa shape index (κ3) is 7.19. The summed E-state index contributed by atoms with van der Waals surface area (Å²) in [6.45, 7) is 9.89. The molecule has 0 amide bonds. The molecule has 37 heavy (non-hydrogen) atoms. The van der Waals surface area contributed by atoms with Crippen molar-refractivity contribution in [1.82, 2.24) is 0 Å². The minimum atomic E-state index is -0.312. The lowest BCUT2D eigenvalue weighted by molar-refractivity contribution is 1.04. The number of rotatable bonds is 8. The normalized spacial score (nSPS) is 23.5. The van der Waals surface area contributed by atoms with E-state index in [1.807, 2.05) is 18.2 Å². The number of para-hydroxylation sites is 1. The van der Waals surface area contributed by atoms with E-state index in [-0.39, 0.29) is 7.92 Å². The van der Waals surface area contributed by atoms with Crippen molar-refractivity contribution in [3.05, 3.63) is 155 Å². The molecule has 1 heterocycles. The lowest BCUT2D eigenvalue weighted by Crippen LogP contribution is -2.23. The summed E-state index contributed by atoms with van der Waals surface area (Å²) in [5.41, 5.74) is 7.54. The molecule has 0 saturated carbocycles. The van der Waals surface area contributed by atoms with Crippen LogP contribution in [-0.2, 0) is 0 Å². The fourth-order valence-electron chi connectivity index (χ4n) is 4.55. The van der Waals surface area contributed by atoms with E-state index in [0.29, 0.717) is 0 Å². The van der Waals surface area contributed by atoms with E-state index in [4.69, 9.17) is 0 Å². The van der Waals surface area contributed by atoms with Gasteiger partial charge in [-0.25, -0.2) is 0 Å². The van der Waals surface area contributed by atoms with E-state index in [9.17, 15) is 0 Å². The van der Waals surface area contributed by atoms with Crippen LogP contribution >= 0.6 is 7.92 Å². The van der Waals surface area contributed by atoms with Crippen LogP contribution in [0, 0.1) is 0 Å². The molecule has 1 aliphatic heterocycles. The maximum absolute atomic E-state index is 3.88. The summed E-state index contributed by atoms with van der Waals surface area (Å²) in [5, 5.41) is 6.25. The Morgan fingerprint density at radius 1 is 0.865 bits per heavy atom. The van der Waals surface area contributed by atoms with E-state index in [2.05, 4.69) is 128 Å². The molecule has 2 heteroatoms. The van der Waals surface area contributed by atoms with Gasteiger partial charge in [-0.05, 0) is 71.4 Å². The quantitative estimate of drug-likeness (QED) is 0.284. The summed E-state index contributed by atoms with van der Waals surface area (Å²) in [7, 11) is -0.312. The number of hydrogen-bond acceptors (Lipinski definition) is 1. The Kier molecular flexibility index (Phi) is 9.69. The van der Waals surface area contributed by atoms with E-state index >= 15 is 0 Å². The van der Waals surface area contributed by atoms with Crippen LogP contribution in [0.25, 0.3) is 17.7 Å². The van der Waals surface area contributed by atoms with Gasteiger partial charge in [-0.2, -0.15) is 0 Å². The predicted octanol–water partition coefficient (Wildman–Crippen LogP) is 8.23. The van der Waals surface area contributed by atoms with Gasteiger partial charge in [-0.15, -0.1) is 0 Å². The summed E-state index contributed by atoms with van der Waals surface area (Å²) >= 11 is 0. The molecule has 0 aromatic heterocycles. The molecule has 0 bridgehead atoms. The highest BCUT2D eigenvalue weighted by Crippen LogP contribution is 2.52. The maximum atomic E-state index is 3.88. The van der Waals surface area contributed by atoms with Gasteiger partial charge in [-0.3, -0.25) is 0 Å². The molecule has 1 unspecified atom stereocenters. The van der Waals surface area contributed by atoms with E-state index in [0.717, 1.165) is 36.5 Å². The molecule has 1 nitrogen and oxygen atoms in total. The van der Waals surface area contributed by atoms with Gasteiger partial charge in [0.05, 0.1) is 0 Å². The van der Waals surface area contributed by atoms with E-state index in [1.54, 1.807) is 0 Å². The van der Waals surface area contributed by atoms with Crippen LogP contribution in [0.5, 0.6) is 0 Å². The van der Waals surface area contributed by atoms with Crippen molar-refractivity contribution in [2.45, 2.75) is 19.8 Å². The lowest BCUT2D eigenvalue weighted by atomic mass is 9.98. The van der Waals surface area contributed by atoms with Crippen molar-refractivity contribution in [2.24, 2.45) is 0 Å². The Balaban J connectivity index is 1.71. The smallest absolute Gasteiger partial charge is 0.0464 e. The molecule has 2 aliphatic rings. The van der Waals surface area contributed by atoms with E-state index < -0.39 is 0 Å². The molecule has 2 aromatic rings. The fraction of sp³-hybridized carbons (Fsp3) is 0.143. The Bertz CT molecular complexity index is 1440. The van der Waals surface area contributed by atoms with Crippen LogP contribution in [0.15, 0.2) is 139 Å². The van der Waals surface area contributed by atoms with Gasteiger partial charge in [-0.1, -0.05) is 130 Å². The molecule has 1 aliphatic carbocycles. The average molecular weight is 502 g/mol. The third-order valence-electron chi connectivity index (χ3n) is 6.48. The zero-order valence-corrected chi connectivity index (χ0v) is 22.6. The first-order valence-corrected chi connectivity index (χ1v) is 14.7. The first-order chi connectivity index (χ1) is 18.2. The van der Waals surface area contributed by atoms with Crippen LogP contribution in [0.1, 0.15) is 25.3 Å². The molecule has 4 rings (SSSR count). The molecule has 1 atom stereocenters. The Morgan fingerprint density at radius 3 is 2.43 bits per heavy atom. The van der Waals surface area contributed by atoms with Crippen molar-refractivity contribution in [3.8, 4) is 0 Å². The monoisotopic (exact) mass is 501 g/mol. The van der Waals surface area contributed by atoms with Crippen LogP contribution in [0.4, 0.5) is 5.69 Å². The van der Waals surface area contributed by atoms with Gasteiger partial charge in [0.2, 0.25) is 0 Å². The third-order valence-corrected chi connectivity index (χ3v) is 8.50. The first kappa shape index (κ1) is 26.4. The van der Waals surface area contributed by atoms with Crippen molar-refractivity contribution in [3.63, 3.8) is 0 Å². The largest absolute Gasteiger partial charge is 0.355 e. The zero-order chi connectivity index (χ0) is 25.9. The summed E-state index contributed by atoms with van der Waals surface area (Å²) in [6, 6.07) is 17.2. The van der Waals surface area contributed by atoms with Crippen molar-refractivity contribution in [2.75, 3.05) is 17.6 Å². The van der Waals surface area contributed by atoms with Gasteiger partial charge in [0, 0.05) is 16.9 Å². The number of benzene rings is 2. The SMILES string of the molecule is C=C/C=C\C=C1/CP(C/C=c2/cccc/c2=C/C=C)C=C1c1ccccc1NC1=C(C)/C=C\CC/C=C\1. The number of nitrogens with one attached hydrogen (secondary N) is 1. The Hall–Kier alpha value is -3.67. The summed E-state index contributed by atoms with van der Waals surface area (Å²) in [5.74, 6) is 2.52. The van der Waals surface area contributed by atoms with Crippen molar-refractivity contribution < 1.29 is 0 Å². The van der Waals surface area contributed by atoms with Gasteiger partial charge >= 0.3 is 0 Å². The van der Waals surface area contributed by atoms with Crippen molar-refractivity contribution in [1.29, 1.82) is 0 Å². The molecule has 2 aromatic carbocycles. The highest BCUT2D eigenvalue weighted by molar-refractivity contribution is 7.62. The van der Waals surface area contributed by atoms with E-state index in [1.165, 1.54) is 32.7 Å². The standard InChI is InChI=1S/C35H36NP/c1-4-6-9-20-31-26-37(25-24-30-19-13-12-18-29(30)16-5-2)27-33(31)32-21-14-15-23-35(32)36-34-22-11-8-7-10-17-28(34)3/h4-6,9-24,27,36H,1-2,7-8,25-26H2,3H3/b9-6-,17-10-,22-11-,29-16-,30-24-,31-20+,34-28+. The fourth-order valence-corrected chi connectivity index (χ4v) is 6.69. The minimum absolute atomic E-state index is 0.312. The predicted molar refractivity (Wildman–Crippen MR) is 167 cm³/mol. The summed E-state index contributed by atoms with van der Waals surface area (Å²) in [6.07, 6.45) is 27.8. The van der Waals surface area contributed by atoms with Crippen LogP contribution < -0.4 is 15.8 Å². The molecular weight excluding hydrogens is 465 g/mol. The minimum Gasteiger partial charge on any atom is -0.355 e. The zero-order valence-electron chi connectivity index (χ0n) is 21.7. The second-order valence-corrected chi connectivity index (χ2v) is 11.3. The molecule has 1 N–H and O–H groups in total. The lowest BCUT2D eigenvalue weighted by Gasteiger charge is -2.16. The second kappa shape index (κ2) is 13.6. The first-order valence-electron chi connectivity index (χ1n) is 12.9. The molecular formula is C35H36NP. The number of allylic oxidation sites excluding steroid dienone is 12. The van der Waals surface area contributed by atoms with Crippen LogP contribution in [0.3, 0.4) is 0 Å². The van der Waals surface area contributed by atoms with Gasteiger partial charge in [0.1, 0.15) is 0 Å². The molecule has 0 spiro atoms. The average Bonchev–Trinajstić information content (AvgIpc) is 3.31. The Labute approximate surface area is 223 Å². The highest BCUT2D eigenvalue weighted by Gasteiger charge is 2.22. The Morgan fingerprint density at radius 2 is 1.62 bits per heavy atom. The molecule has 0 saturated heterocycles. The molecule has 0 fully saturated rings. The van der Waals surface area contributed by atoms with Crippen LogP contribution in [0.2, 0.25) is 0 Å². The van der Waals surface area contributed by atoms with Gasteiger partial charge in [0.15, 0.2) is 0 Å².